The Morgan fingerprint density at radius 3 is 1.00 bits per heavy atom. The Morgan fingerprint density at radius 2 is 1.00 bits per heavy atom. The Labute approximate surface area is 74.4 Å². The van der Waals surface area contributed by atoms with Crippen LogP contribution in [0, 0.1) is 0 Å². The maximum atomic E-state index is 0. The first-order valence-electron chi connectivity index (χ1n) is 0. The summed E-state index contributed by atoms with van der Waals surface area (Å²) >= 11 is 0. The summed E-state index contributed by atoms with van der Waals surface area (Å²) in [4.78, 5) is 0. The minimum Gasteiger partial charge on any atom is -0.412 e. The van der Waals surface area contributed by atoms with Crippen LogP contribution in [-0.4, -0.2) is 41.7 Å². The minimum absolute atomic E-state index is 0. The van der Waals surface area contributed by atoms with Crippen LogP contribution >= 0.6 is 0 Å². The van der Waals surface area contributed by atoms with Crippen LogP contribution in [-0.2, 0) is 33.3 Å². The smallest absolute Gasteiger partial charge is 0 e. The van der Waals surface area contributed by atoms with Gasteiger partial charge in [0.25, 0.3) is 0 Å². The predicted octanol–water partition coefficient (Wildman–Crippen LogP) is -1.59. The van der Waals surface area contributed by atoms with Gasteiger partial charge in [-0.1, -0.05) is 0 Å². The molecule has 0 bridgehead atoms. The SMILES string of the molecule is O.[Al].[Co].[Li].[Ni]. The predicted molar refractivity (Wildman–Crippen MR) is 15.1 cm³/mol. The molecule has 0 aromatic carbocycles. The van der Waals surface area contributed by atoms with Crippen LogP contribution in [0.25, 0.3) is 0 Å². The van der Waals surface area contributed by atoms with Crippen molar-refractivity contribution < 1.29 is 38.7 Å². The molecule has 2 N–H and O–H groups in total. The fourth-order valence-corrected chi connectivity index (χ4v) is 0. The van der Waals surface area contributed by atoms with Gasteiger partial charge < -0.3 is 5.48 Å². The molecule has 0 saturated heterocycles. The molecule has 0 rings (SSSR count). The monoisotopic (exact) mass is 169 g/mol. The van der Waals surface area contributed by atoms with E-state index in [-0.39, 0.29) is 75.0 Å². The fraction of sp³-hybridized carbons (Fsp3) is 0. The third-order valence-corrected chi connectivity index (χ3v) is 0. The molecular formula is H2AlCoLiNiO. The van der Waals surface area contributed by atoms with Gasteiger partial charge in [0.15, 0.2) is 0 Å². The second-order valence-corrected chi connectivity index (χ2v) is 0. The van der Waals surface area contributed by atoms with Gasteiger partial charge in [0.1, 0.15) is 0 Å². The standard InChI is InChI=1S/Al.Co.Li.Ni.H2O/h;;;;1H2. The topological polar surface area (TPSA) is 31.5 Å². The van der Waals surface area contributed by atoms with Gasteiger partial charge in [-0.05, 0) is 0 Å². The first-order chi connectivity index (χ1) is 0. The summed E-state index contributed by atoms with van der Waals surface area (Å²) in [5, 5.41) is 0. The quantitative estimate of drug-likeness (QED) is 0.392. The van der Waals surface area contributed by atoms with Crippen LogP contribution < -0.4 is 0 Å². The molecule has 1 nitrogen and oxygen atoms in total. The molecule has 0 aromatic rings. The zero-order chi connectivity index (χ0) is 0. The molecule has 31 valence electrons. The summed E-state index contributed by atoms with van der Waals surface area (Å²) in [7, 11) is 0. The molecule has 0 amide bonds. The number of hydrogen-bond acceptors (Lipinski definition) is 0. The van der Waals surface area contributed by atoms with Crippen molar-refractivity contribution in [2.24, 2.45) is 0 Å². The molecule has 0 saturated carbocycles. The van der Waals surface area contributed by atoms with Gasteiger partial charge in [-0.2, -0.15) is 0 Å². The third kappa shape index (κ3) is 23.3. The van der Waals surface area contributed by atoms with Crippen molar-refractivity contribution in [1.29, 1.82) is 0 Å². The van der Waals surface area contributed by atoms with Crippen molar-refractivity contribution in [3.8, 4) is 0 Å². The van der Waals surface area contributed by atoms with Gasteiger partial charge in [-0.25, -0.2) is 0 Å². The molecule has 5 radical (unpaired) electrons. The van der Waals surface area contributed by atoms with E-state index in [9.17, 15) is 0 Å². The summed E-state index contributed by atoms with van der Waals surface area (Å²) in [5.41, 5.74) is 0. The van der Waals surface area contributed by atoms with E-state index >= 15 is 0 Å². The number of rotatable bonds is 0. The molecule has 0 spiro atoms. The van der Waals surface area contributed by atoms with Gasteiger partial charge in [0.2, 0.25) is 0 Å². The van der Waals surface area contributed by atoms with E-state index in [1.807, 2.05) is 0 Å². The molecule has 0 aromatic heterocycles. The van der Waals surface area contributed by atoms with Crippen LogP contribution in [0.1, 0.15) is 0 Å². The van der Waals surface area contributed by atoms with Gasteiger partial charge in [-0.3, -0.25) is 0 Å². The molecule has 5 heteroatoms. The molecule has 0 heterocycles. The summed E-state index contributed by atoms with van der Waals surface area (Å²) in [5.74, 6) is 0. The van der Waals surface area contributed by atoms with E-state index < -0.39 is 0 Å². The van der Waals surface area contributed by atoms with Gasteiger partial charge in [0.05, 0.1) is 0 Å². The molecule has 0 unspecified atom stereocenters. The zero-order valence-corrected chi connectivity index (χ0v) is 5.91. The van der Waals surface area contributed by atoms with E-state index in [1.54, 1.807) is 0 Å². The molecule has 5 heavy (non-hydrogen) atoms. The normalized spacial score (nSPS) is 0. The third-order valence-electron chi connectivity index (χ3n) is 0. The van der Waals surface area contributed by atoms with Crippen molar-refractivity contribution in [3.63, 3.8) is 0 Å². The largest absolute Gasteiger partial charge is 0.412 e. The second-order valence-electron chi connectivity index (χ2n) is 0. The van der Waals surface area contributed by atoms with E-state index in [2.05, 4.69) is 0 Å². The summed E-state index contributed by atoms with van der Waals surface area (Å²) in [6, 6.07) is 0. The Bertz CT molecular complexity index is 11.6. The molecule has 0 atom stereocenters. The van der Waals surface area contributed by atoms with Crippen LogP contribution in [0.2, 0.25) is 0 Å². The second kappa shape index (κ2) is 36.1. The average Bonchev–Trinajstić information content (AvgIpc) is 0. The van der Waals surface area contributed by atoms with Crippen molar-refractivity contribution in [2.75, 3.05) is 0 Å². The minimum atomic E-state index is 0. The van der Waals surface area contributed by atoms with Crippen LogP contribution in [0.3, 0.4) is 0 Å². The van der Waals surface area contributed by atoms with E-state index in [0.29, 0.717) is 0 Å². The molecule has 0 aliphatic rings. The maximum Gasteiger partial charge on any atom is 0 e. The molecule has 0 fully saturated rings. The van der Waals surface area contributed by atoms with Crippen LogP contribution in [0.15, 0.2) is 0 Å². The maximum absolute atomic E-state index is 0. The van der Waals surface area contributed by atoms with Crippen molar-refractivity contribution >= 4 is 36.2 Å². The summed E-state index contributed by atoms with van der Waals surface area (Å²) < 4.78 is 0. The van der Waals surface area contributed by atoms with Crippen molar-refractivity contribution in [3.05, 3.63) is 0 Å². The van der Waals surface area contributed by atoms with Gasteiger partial charge in [0, 0.05) is 69.5 Å². The van der Waals surface area contributed by atoms with Gasteiger partial charge >= 0.3 is 0 Å². The number of hydrogen-bond donors (Lipinski definition) is 0. The Balaban J connectivity index is 0. The Morgan fingerprint density at radius 1 is 1.00 bits per heavy atom. The van der Waals surface area contributed by atoms with E-state index in [0.717, 1.165) is 0 Å². The first-order valence-corrected chi connectivity index (χ1v) is 0. The van der Waals surface area contributed by atoms with Crippen molar-refractivity contribution in [2.45, 2.75) is 0 Å². The average molecular weight is 170 g/mol. The molecule has 0 aliphatic carbocycles. The van der Waals surface area contributed by atoms with Crippen LogP contribution in [0.4, 0.5) is 0 Å². The Hall–Kier alpha value is 2.09. The molecular weight excluding hydrogens is 168 g/mol. The summed E-state index contributed by atoms with van der Waals surface area (Å²) in [6.07, 6.45) is 0. The fourth-order valence-electron chi connectivity index (χ4n) is 0. The van der Waals surface area contributed by atoms with E-state index in [1.165, 1.54) is 0 Å². The van der Waals surface area contributed by atoms with E-state index in [4.69, 9.17) is 0 Å². The van der Waals surface area contributed by atoms with Gasteiger partial charge in [-0.15, -0.1) is 0 Å². The zero-order valence-electron chi connectivity index (χ0n) is 2.73. The molecule has 0 aliphatic heterocycles. The van der Waals surface area contributed by atoms with Crippen LogP contribution in [0.5, 0.6) is 0 Å². The summed E-state index contributed by atoms with van der Waals surface area (Å²) in [6.45, 7) is 0. The van der Waals surface area contributed by atoms with Crippen molar-refractivity contribution in [1.82, 2.24) is 0 Å². The Kier molecular flexibility index (Phi) is 435. The first kappa shape index (κ1) is 60.2.